The number of carbonyl (C=O) groups excluding carboxylic acids is 1. The molecule has 118 valence electrons. The number of ether oxygens (including phenoxy) is 1. The van der Waals surface area contributed by atoms with Gasteiger partial charge in [-0.25, -0.2) is 14.2 Å². The van der Waals surface area contributed by atoms with Crippen LogP contribution in [0.25, 0.3) is 0 Å². The zero-order chi connectivity index (χ0) is 16.0. The van der Waals surface area contributed by atoms with Gasteiger partial charge in [0.25, 0.3) is 0 Å². The van der Waals surface area contributed by atoms with E-state index in [4.69, 9.17) is 5.11 Å². The molecule has 3 N–H and O–H groups in total. The molecule has 1 heterocycles. The van der Waals surface area contributed by atoms with Gasteiger partial charge in [0.05, 0.1) is 24.5 Å². The topological polar surface area (TPSA) is 153 Å². The Balaban J connectivity index is 2.51. The van der Waals surface area contributed by atoms with Crippen molar-refractivity contribution in [3.63, 3.8) is 0 Å². The molecule has 21 heavy (non-hydrogen) atoms. The summed E-state index contributed by atoms with van der Waals surface area (Å²) in [4.78, 5) is 21.6. The maximum atomic E-state index is 11.5. The molecule has 0 spiro atoms. The smallest absolute Gasteiger partial charge is 0.422 e. The molecule has 0 aliphatic rings. The maximum Gasteiger partial charge on any atom is 0.422 e. The summed E-state index contributed by atoms with van der Waals surface area (Å²) in [5.41, 5.74) is 0.193. The monoisotopic (exact) mass is 321 g/mol. The summed E-state index contributed by atoms with van der Waals surface area (Å²) in [7, 11) is -4.11. The lowest BCUT2D eigenvalue weighted by atomic mass is 10.5. The lowest BCUT2D eigenvalue weighted by molar-refractivity contribution is -0.137. The summed E-state index contributed by atoms with van der Waals surface area (Å²) < 4.78 is 32.4. The Morgan fingerprint density at radius 2 is 2.14 bits per heavy atom. The molecular formula is C9H15N5O6S. The Hall–Kier alpha value is -2.21. The van der Waals surface area contributed by atoms with Gasteiger partial charge in [-0.05, 0) is 13.8 Å². The summed E-state index contributed by atoms with van der Waals surface area (Å²) in [5, 5.41) is 15.6. The van der Waals surface area contributed by atoms with Crippen molar-refractivity contribution in [1.29, 1.82) is 0 Å². The fourth-order valence-corrected chi connectivity index (χ4v) is 1.87. The van der Waals surface area contributed by atoms with Crippen molar-refractivity contribution in [3.05, 3.63) is 11.9 Å². The van der Waals surface area contributed by atoms with Gasteiger partial charge in [0, 0.05) is 0 Å². The molecule has 0 saturated carbocycles. The van der Waals surface area contributed by atoms with Gasteiger partial charge in [-0.1, -0.05) is 5.21 Å². The van der Waals surface area contributed by atoms with Crippen molar-refractivity contribution in [2.45, 2.75) is 33.0 Å². The first-order valence-corrected chi connectivity index (χ1v) is 7.25. The van der Waals surface area contributed by atoms with Crippen molar-refractivity contribution in [1.82, 2.24) is 24.4 Å². The summed E-state index contributed by atoms with van der Waals surface area (Å²) in [6.45, 7) is 2.49. The summed E-state index contributed by atoms with van der Waals surface area (Å²) >= 11 is 0. The largest absolute Gasteiger partial charge is 0.480 e. The number of carbonyl (C=O) groups is 2. The predicted molar refractivity (Wildman–Crippen MR) is 68.2 cm³/mol. The van der Waals surface area contributed by atoms with Gasteiger partial charge < -0.3 is 9.84 Å². The molecule has 1 aromatic heterocycles. The summed E-state index contributed by atoms with van der Waals surface area (Å²) in [5.74, 6) is -1.11. The quantitative estimate of drug-likeness (QED) is 0.568. The minimum Gasteiger partial charge on any atom is -0.480 e. The van der Waals surface area contributed by atoms with Gasteiger partial charge in [0.15, 0.2) is 0 Å². The van der Waals surface area contributed by atoms with E-state index >= 15 is 0 Å². The highest BCUT2D eigenvalue weighted by Crippen LogP contribution is 1.95. The van der Waals surface area contributed by atoms with Crippen LogP contribution in [0.2, 0.25) is 0 Å². The van der Waals surface area contributed by atoms with Crippen molar-refractivity contribution in [2.75, 3.05) is 0 Å². The average Bonchev–Trinajstić information content (AvgIpc) is 2.71. The van der Waals surface area contributed by atoms with Crippen molar-refractivity contribution >= 4 is 22.3 Å². The minimum atomic E-state index is -4.11. The Kier molecular flexibility index (Phi) is 5.60. The molecule has 0 unspecified atom stereocenters. The number of rotatable bonds is 7. The molecule has 0 fully saturated rings. The van der Waals surface area contributed by atoms with Crippen LogP contribution in [0.5, 0.6) is 0 Å². The Bertz CT molecular complexity index is 610. The number of nitrogens with zero attached hydrogens (tertiary/aromatic N) is 3. The van der Waals surface area contributed by atoms with E-state index in [1.54, 1.807) is 18.6 Å². The molecule has 0 aromatic carbocycles. The van der Waals surface area contributed by atoms with E-state index in [1.165, 1.54) is 6.20 Å². The van der Waals surface area contributed by atoms with Gasteiger partial charge >= 0.3 is 22.3 Å². The van der Waals surface area contributed by atoms with E-state index in [0.29, 0.717) is 0 Å². The van der Waals surface area contributed by atoms with Gasteiger partial charge in [-0.3, -0.25) is 4.79 Å². The number of aliphatic carboxylic acids is 1. The molecule has 1 aromatic rings. The Morgan fingerprint density at radius 3 is 2.71 bits per heavy atom. The van der Waals surface area contributed by atoms with Crippen molar-refractivity contribution in [2.24, 2.45) is 0 Å². The molecule has 0 aliphatic carbocycles. The van der Waals surface area contributed by atoms with E-state index in [9.17, 15) is 18.0 Å². The van der Waals surface area contributed by atoms with Crippen LogP contribution in [0.1, 0.15) is 19.5 Å². The van der Waals surface area contributed by atoms with E-state index in [0.717, 1.165) is 4.68 Å². The van der Waals surface area contributed by atoms with E-state index in [2.05, 4.69) is 15.0 Å². The van der Waals surface area contributed by atoms with Crippen LogP contribution >= 0.6 is 0 Å². The number of hydrogen-bond donors (Lipinski definition) is 3. The third-order valence-corrected chi connectivity index (χ3v) is 2.85. The zero-order valence-electron chi connectivity index (χ0n) is 11.3. The van der Waals surface area contributed by atoms with Gasteiger partial charge in [-0.2, -0.15) is 13.1 Å². The first kappa shape index (κ1) is 16.8. The van der Waals surface area contributed by atoms with Gasteiger partial charge in [0.2, 0.25) is 0 Å². The molecule has 1 rings (SSSR count). The number of carboxylic acid groups (broad SMARTS) is 1. The third kappa shape index (κ3) is 6.67. The van der Waals surface area contributed by atoms with Gasteiger partial charge in [0.1, 0.15) is 6.54 Å². The number of nitrogens with one attached hydrogen (secondary N) is 2. The second-order valence-electron chi connectivity index (χ2n) is 4.18. The first-order valence-electron chi connectivity index (χ1n) is 5.77. The zero-order valence-corrected chi connectivity index (χ0v) is 12.1. The molecule has 11 nitrogen and oxygen atoms in total. The lowest BCUT2D eigenvalue weighted by Crippen LogP contribution is -2.40. The summed E-state index contributed by atoms with van der Waals surface area (Å²) in [6, 6.07) is 0. The van der Waals surface area contributed by atoms with Crippen LogP contribution in [-0.2, 0) is 32.8 Å². The molecular weight excluding hydrogens is 306 g/mol. The SMILES string of the molecule is CC(C)OC(=O)NS(=O)(=O)NCc1cn(CC(=O)O)nn1. The number of hydrogen-bond acceptors (Lipinski definition) is 7. The number of carboxylic acids is 1. The van der Waals surface area contributed by atoms with Gasteiger partial charge in [-0.15, -0.1) is 5.10 Å². The Labute approximate surface area is 120 Å². The van der Waals surface area contributed by atoms with Crippen LogP contribution < -0.4 is 9.44 Å². The highest BCUT2D eigenvalue weighted by atomic mass is 32.2. The third-order valence-electron chi connectivity index (χ3n) is 1.89. The first-order chi connectivity index (χ1) is 9.68. The van der Waals surface area contributed by atoms with Crippen molar-refractivity contribution in [3.8, 4) is 0 Å². The van der Waals surface area contributed by atoms with E-state index < -0.39 is 34.9 Å². The molecule has 0 saturated heterocycles. The molecule has 1 amide bonds. The Morgan fingerprint density at radius 1 is 1.48 bits per heavy atom. The van der Waals surface area contributed by atoms with E-state index in [-0.39, 0.29) is 12.2 Å². The predicted octanol–water partition coefficient (Wildman–Crippen LogP) is -1.17. The molecule has 12 heteroatoms. The second-order valence-corrected chi connectivity index (χ2v) is 5.68. The van der Waals surface area contributed by atoms with Crippen LogP contribution in [0, 0.1) is 0 Å². The number of amides is 1. The van der Waals surface area contributed by atoms with E-state index in [1.807, 2.05) is 4.72 Å². The lowest BCUT2D eigenvalue weighted by Gasteiger charge is -2.10. The van der Waals surface area contributed by atoms with Crippen LogP contribution in [0.15, 0.2) is 6.20 Å². The summed E-state index contributed by atoms with van der Waals surface area (Å²) in [6.07, 6.45) is -0.300. The van der Waals surface area contributed by atoms with Crippen LogP contribution in [0.4, 0.5) is 4.79 Å². The molecule has 0 bridgehead atoms. The highest BCUT2D eigenvalue weighted by molar-refractivity contribution is 7.88. The minimum absolute atomic E-state index is 0.193. The maximum absolute atomic E-state index is 11.5. The molecule has 0 atom stereocenters. The van der Waals surface area contributed by atoms with Crippen LogP contribution in [0.3, 0.4) is 0 Å². The second kappa shape index (κ2) is 6.99. The van der Waals surface area contributed by atoms with Crippen LogP contribution in [-0.4, -0.2) is 46.7 Å². The fraction of sp³-hybridized carbons (Fsp3) is 0.556. The number of aromatic nitrogens is 3. The standard InChI is InChI=1S/C9H15N5O6S/c1-6(2)20-9(17)12-21(18,19)10-3-7-4-14(13-11-7)5-8(15)16/h4,6,10H,3,5H2,1-2H3,(H,12,17)(H,15,16). The van der Waals surface area contributed by atoms with Crippen molar-refractivity contribution < 1.29 is 27.9 Å². The highest BCUT2D eigenvalue weighted by Gasteiger charge is 2.16. The molecule has 0 radical (unpaired) electrons. The average molecular weight is 321 g/mol. The molecule has 0 aliphatic heterocycles. The normalized spacial score (nSPS) is 11.4. The fourth-order valence-electron chi connectivity index (χ4n) is 1.19.